The van der Waals surface area contributed by atoms with Crippen LogP contribution in [-0.4, -0.2) is 34.0 Å². The fourth-order valence-corrected chi connectivity index (χ4v) is 22.3. The van der Waals surface area contributed by atoms with E-state index in [1.165, 1.54) is 66.3 Å². The van der Waals surface area contributed by atoms with Crippen molar-refractivity contribution in [3.63, 3.8) is 0 Å². The largest absolute Gasteiger partial charge is 2.00 e. The summed E-state index contributed by atoms with van der Waals surface area (Å²) >= 11 is 3.35. The van der Waals surface area contributed by atoms with Crippen LogP contribution in [0.15, 0.2) is 24.3 Å². The molecule has 1 aromatic carbocycles. The Morgan fingerprint density at radius 3 is 1.29 bits per heavy atom. The van der Waals surface area contributed by atoms with Crippen molar-refractivity contribution >= 4 is 26.0 Å². The SMILES string of the molecule is C1CCCC1.C[C@H](C1CCCC1[PH+](C1CCCCC1)C1CCCCC1)[PH+](C1CCCCC1)C1CCCCC1.N#Cc1cc[c-]cc1.[CH3-].[CH3-].[Cl][Ni].[Fe+2]. The summed E-state index contributed by atoms with van der Waals surface area (Å²) in [7, 11) is 3.86. The fourth-order valence-electron chi connectivity index (χ4n) is 11.4. The molecule has 6 aliphatic rings. The number of nitrogens with zero attached hydrogens (tertiary/aromatic N) is 1. The molecule has 3 atom stereocenters. The van der Waals surface area contributed by atoms with Crippen LogP contribution in [0, 0.1) is 38.2 Å². The molecule has 0 saturated heterocycles. The van der Waals surface area contributed by atoms with Gasteiger partial charge in [-0.15, -0.1) is 0 Å². The van der Waals surface area contributed by atoms with Gasteiger partial charge in [-0.25, -0.2) is 0 Å². The number of benzene rings is 1. The zero-order valence-electron chi connectivity index (χ0n) is 33.1. The molecule has 0 heterocycles. The molecule has 6 saturated carbocycles. The number of rotatable bonds is 7. The average molecular weight is 845 g/mol. The van der Waals surface area contributed by atoms with Gasteiger partial charge < -0.3 is 14.9 Å². The Kier molecular flexibility index (Phi) is 29.4. The van der Waals surface area contributed by atoms with Crippen molar-refractivity contribution in [3.8, 4) is 6.07 Å². The summed E-state index contributed by atoms with van der Waals surface area (Å²) in [6.45, 7) is 2.88. The molecule has 6 heteroatoms. The molecule has 0 N–H and O–H groups in total. The van der Waals surface area contributed by atoms with E-state index in [4.69, 9.17) is 5.26 Å². The van der Waals surface area contributed by atoms with Gasteiger partial charge in [0.25, 0.3) is 0 Å². The molecule has 297 valence electrons. The third-order valence-electron chi connectivity index (χ3n) is 13.6. The Balaban J connectivity index is 0.000000605. The van der Waals surface area contributed by atoms with Gasteiger partial charge in [0, 0.05) is 21.8 Å². The summed E-state index contributed by atoms with van der Waals surface area (Å²) in [5.41, 5.74) is 7.87. The molecule has 0 aromatic heterocycles. The molecule has 0 bridgehead atoms. The van der Waals surface area contributed by atoms with E-state index < -0.39 is 0 Å². The summed E-state index contributed by atoms with van der Waals surface area (Å²) < 4.78 is 0. The Morgan fingerprint density at radius 1 is 0.588 bits per heavy atom. The summed E-state index contributed by atoms with van der Waals surface area (Å²) in [6, 6.07) is 11.7. The topological polar surface area (TPSA) is 23.8 Å². The fraction of sp³-hybridized carbons (Fsp3) is 0.800. The van der Waals surface area contributed by atoms with Gasteiger partial charge in [-0.1, -0.05) is 63.4 Å². The third-order valence-corrected chi connectivity index (χ3v) is 22.7. The van der Waals surface area contributed by atoms with Crippen molar-refractivity contribution in [1.29, 1.82) is 5.26 Å². The summed E-state index contributed by atoms with van der Waals surface area (Å²) in [5.74, 6) is 1.17. The van der Waals surface area contributed by atoms with E-state index in [1.807, 2.05) is 6.07 Å². The molecule has 1 nitrogen and oxygen atoms in total. The van der Waals surface area contributed by atoms with Crippen molar-refractivity contribution in [3.05, 3.63) is 50.7 Å². The Labute approximate surface area is 344 Å². The molecule has 0 spiro atoms. The maximum absolute atomic E-state index is 8.27. The van der Waals surface area contributed by atoms with Crippen LogP contribution in [0.4, 0.5) is 0 Å². The van der Waals surface area contributed by atoms with Crippen LogP contribution in [0.3, 0.4) is 0 Å². The zero-order valence-corrected chi connectivity index (χ0v) is 38.0. The van der Waals surface area contributed by atoms with Gasteiger partial charge in [0.1, 0.15) is 0 Å². The molecule has 0 amide bonds. The molecule has 7 rings (SSSR count). The van der Waals surface area contributed by atoms with Crippen LogP contribution in [0.1, 0.15) is 192 Å². The second-order valence-corrected chi connectivity index (χ2v) is 23.4. The van der Waals surface area contributed by atoms with Gasteiger partial charge in [0.2, 0.25) is 0 Å². The molecule has 6 aliphatic carbocycles. The first-order valence-electron chi connectivity index (χ1n) is 21.0. The van der Waals surface area contributed by atoms with Gasteiger partial charge >= 0.3 is 41.8 Å². The first kappa shape index (κ1) is 49.9. The summed E-state index contributed by atoms with van der Waals surface area (Å²) in [6.07, 6.45) is 44.4. The quantitative estimate of drug-likeness (QED) is 0.152. The minimum atomic E-state index is -0.216. The van der Waals surface area contributed by atoms with Gasteiger partial charge in [0.15, 0.2) is 0 Å². The molecule has 0 aliphatic heterocycles. The van der Waals surface area contributed by atoms with Crippen molar-refractivity contribution in [2.45, 2.75) is 221 Å². The molecular formula is C45H78ClFeNNiP2+. The van der Waals surface area contributed by atoms with Crippen LogP contribution < -0.4 is 0 Å². The van der Waals surface area contributed by atoms with Gasteiger partial charge in [-0.05, 0) is 129 Å². The van der Waals surface area contributed by atoms with Crippen molar-refractivity contribution in [2.75, 3.05) is 0 Å². The number of nitriles is 1. The third kappa shape index (κ3) is 16.5. The predicted octanol–water partition coefficient (Wildman–Crippen LogP) is 15.2. The first-order valence-corrected chi connectivity index (χ1v) is 25.8. The molecule has 2 unspecified atom stereocenters. The Bertz CT molecular complexity index is 938. The van der Waals surface area contributed by atoms with E-state index in [9.17, 15) is 0 Å². The molecule has 51 heavy (non-hydrogen) atoms. The van der Waals surface area contributed by atoms with Crippen LogP contribution >= 0.6 is 26.0 Å². The second-order valence-electron chi connectivity index (χ2n) is 16.5. The molecule has 1 aromatic rings. The van der Waals surface area contributed by atoms with Crippen molar-refractivity contribution in [1.82, 2.24) is 0 Å². The number of hydrogen-bond acceptors (Lipinski definition) is 1. The summed E-state index contributed by atoms with van der Waals surface area (Å²) in [5, 5.41) is 8.27. The minimum Gasteiger partial charge on any atom is 2.00 e. The van der Waals surface area contributed by atoms with Crippen molar-refractivity contribution in [2.24, 2.45) is 5.92 Å². The normalized spacial score (nSPS) is 25.2. The van der Waals surface area contributed by atoms with Gasteiger partial charge in [0.05, 0.1) is 40.0 Å². The maximum Gasteiger partial charge on any atom is 2.00 e. The first-order chi connectivity index (χ1) is 23.8. The van der Waals surface area contributed by atoms with Gasteiger partial charge in [-0.3, -0.25) is 0 Å². The molecule has 0 radical (unpaired) electrons. The van der Waals surface area contributed by atoms with Crippen LogP contribution in [0.2, 0.25) is 0 Å². The maximum atomic E-state index is 8.27. The van der Waals surface area contributed by atoms with E-state index in [0.717, 1.165) is 5.66 Å². The Morgan fingerprint density at radius 2 is 0.941 bits per heavy atom. The molecule has 6 fully saturated rings. The predicted molar refractivity (Wildman–Crippen MR) is 226 cm³/mol. The van der Waals surface area contributed by atoms with E-state index >= 15 is 0 Å². The van der Waals surface area contributed by atoms with Crippen LogP contribution in [0.5, 0.6) is 0 Å². The number of hydrogen-bond donors (Lipinski definition) is 0. The standard InChI is InChI=1S/C31H56P2.C7H4N.C5H10.2CH3.ClH.Fe.Ni/c1-25(32(26-15-6-2-7-16-26)27-17-8-3-9-18-27)30-23-14-24-31(30)33(28-19-10-4-11-20-28)29-21-12-5-13-22-29;8-6-7-4-2-1-3-5-7;1-2-4-5-3-1;;;;;/h25-31H,2-24H2,1H3;2-5H;1-5H2;2*1H3;1H;;/q;-1;;2*-1;;+2;+1/p+1/t25-,30?,31?;;;;;;;/m1......./s1. The smallest absolute Gasteiger partial charge is 2.00 e. The van der Waals surface area contributed by atoms with Crippen molar-refractivity contribution < 1.29 is 31.6 Å². The van der Waals surface area contributed by atoms with Crippen LogP contribution in [-0.2, 0) is 31.6 Å². The van der Waals surface area contributed by atoms with E-state index in [-0.39, 0.29) is 47.8 Å². The summed E-state index contributed by atoms with van der Waals surface area (Å²) in [4.78, 5) is 0. The van der Waals surface area contributed by atoms with Crippen LogP contribution in [0.25, 0.3) is 0 Å². The van der Waals surface area contributed by atoms with E-state index in [1.54, 1.807) is 172 Å². The second kappa shape index (κ2) is 30.1. The average Bonchev–Trinajstić information content (AvgIpc) is 3.92. The zero-order chi connectivity index (χ0) is 33.8. The number of halogens is 1. The van der Waals surface area contributed by atoms with E-state index in [0.29, 0.717) is 5.56 Å². The van der Waals surface area contributed by atoms with Gasteiger partial charge in [-0.2, -0.15) is 35.6 Å². The monoisotopic (exact) mass is 843 g/mol. The molecular weight excluding hydrogens is 766 g/mol. The Hall–Kier alpha value is 0.873. The van der Waals surface area contributed by atoms with E-state index in [2.05, 4.69) is 37.8 Å². The minimum absolute atomic E-state index is 0.